The number of aryl methyl sites for hydroxylation is 2. The van der Waals surface area contributed by atoms with E-state index in [-0.39, 0.29) is 5.75 Å². The van der Waals surface area contributed by atoms with Gasteiger partial charge in [-0.15, -0.1) is 0 Å². The van der Waals surface area contributed by atoms with Crippen LogP contribution in [-0.4, -0.2) is 15.5 Å². The van der Waals surface area contributed by atoms with Crippen molar-refractivity contribution in [1.29, 1.82) is 0 Å². The van der Waals surface area contributed by atoms with Crippen LogP contribution in [0.5, 0.6) is 5.75 Å². The lowest BCUT2D eigenvalue weighted by Crippen LogP contribution is -1.98. The Hall–Kier alpha value is -0.740. The number of rotatable bonds is 3. The third kappa shape index (κ3) is 3.39. The average molecular weight is 249 g/mol. The number of hydrogen-bond donors (Lipinski definition) is 0. The molecule has 0 heterocycles. The predicted octanol–water partition coefficient (Wildman–Crippen LogP) is 2.38. The summed E-state index contributed by atoms with van der Waals surface area (Å²) in [6.07, 6.45) is 0. The van der Waals surface area contributed by atoms with E-state index in [1.165, 1.54) is 0 Å². The van der Waals surface area contributed by atoms with Gasteiger partial charge >= 0.3 is 0 Å². The third-order valence-corrected chi connectivity index (χ3v) is 3.07. The molecule has 5 heteroatoms. The Kier molecular flexibility index (Phi) is 3.62. The largest absolute Gasteiger partial charge is 0.496 e. The van der Waals surface area contributed by atoms with Crippen molar-refractivity contribution < 1.29 is 13.2 Å². The van der Waals surface area contributed by atoms with Crippen LogP contribution in [-0.2, 0) is 14.8 Å². The van der Waals surface area contributed by atoms with Crippen molar-refractivity contribution in [2.75, 3.05) is 7.11 Å². The minimum atomic E-state index is -3.50. The highest BCUT2D eigenvalue weighted by Gasteiger charge is 2.10. The molecule has 0 aromatic heterocycles. The number of methoxy groups -OCH3 is 1. The van der Waals surface area contributed by atoms with Gasteiger partial charge in [-0.1, -0.05) is 12.1 Å². The summed E-state index contributed by atoms with van der Waals surface area (Å²) in [5.41, 5.74) is 2.50. The monoisotopic (exact) mass is 248 g/mol. The van der Waals surface area contributed by atoms with E-state index in [0.717, 1.165) is 16.9 Å². The molecule has 0 fully saturated rings. The molecule has 0 saturated carbocycles. The molecule has 0 aliphatic carbocycles. The second-order valence-electron chi connectivity index (χ2n) is 3.45. The molecule has 0 bridgehead atoms. The summed E-state index contributed by atoms with van der Waals surface area (Å²) in [5.74, 6) is 0.631. The zero-order valence-corrected chi connectivity index (χ0v) is 10.4. The van der Waals surface area contributed by atoms with E-state index < -0.39 is 9.05 Å². The summed E-state index contributed by atoms with van der Waals surface area (Å²) in [6, 6.07) is 3.54. The fourth-order valence-electron chi connectivity index (χ4n) is 1.64. The van der Waals surface area contributed by atoms with Gasteiger partial charge in [0.05, 0.1) is 12.9 Å². The predicted molar refractivity (Wildman–Crippen MR) is 60.9 cm³/mol. The average Bonchev–Trinajstić information content (AvgIpc) is 1.99. The highest BCUT2D eigenvalue weighted by molar-refractivity contribution is 8.13. The molecule has 0 N–H and O–H groups in total. The first-order chi connectivity index (χ1) is 6.83. The van der Waals surface area contributed by atoms with Crippen molar-refractivity contribution in [3.8, 4) is 5.75 Å². The maximum atomic E-state index is 10.9. The van der Waals surface area contributed by atoms with Crippen LogP contribution in [0.15, 0.2) is 12.1 Å². The second kappa shape index (κ2) is 4.41. The zero-order valence-electron chi connectivity index (χ0n) is 8.87. The molecule has 1 aromatic carbocycles. The van der Waals surface area contributed by atoms with Gasteiger partial charge in [0.1, 0.15) is 5.75 Å². The van der Waals surface area contributed by atoms with E-state index in [1.807, 2.05) is 13.8 Å². The summed E-state index contributed by atoms with van der Waals surface area (Å²) in [7, 11) is 3.28. The smallest absolute Gasteiger partial charge is 0.236 e. The normalized spacial score (nSPS) is 11.5. The molecule has 0 amide bonds. The van der Waals surface area contributed by atoms with E-state index in [4.69, 9.17) is 15.4 Å². The second-order valence-corrected chi connectivity index (χ2v) is 6.22. The molecular weight excluding hydrogens is 236 g/mol. The minimum Gasteiger partial charge on any atom is -0.496 e. The van der Waals surface area contributed by atoms with Gasteiger partial charge < -0.3 is 4.74 Å². The maximum Gasteiger partial charge on any atom is 0.236 e. The first kappa shape index (κ1) is 12.3. The van der Waals surface area contributed by atoms with Crippen LogP contribution in [0, 0.1) is 13.8 Å². The molecule has 0 atom stereocenters. The summed E-state index contributed by atoms with van der Waals surface area (Å²) in [5, 5.41) is 0. The third-order valence-electron chi connectivity index (χ3n) is 2.06. The van der Waals surface area contributed by atoms with Gasteiger partial charge in [-0.25, -0.2) is 8.42 Å². The van der Waals surface area contributed by atoms with Gasteiger partial charge in [0.2, 0.25) is 9.05 Å². The van der Waals surface area contributed by atoms with Crippen molar-refractivity contribution in [3.63, 3.8) is 0 Å². The van der Waals surface area contributed by atoms with Gasteiger partial charge in [-0.05, 0) is 30.5 Å². The SMILES string of the molecule is COc1c(C)cc(CS(=O)(=O)Cl)cc1C. The Morgan fingerprint density at radius 3 is 2.07 bits per heavy atom. The fourth-order valence-corrected chi connectivity index (χ4v) is 2.59. The van der Waals surface area contributed by atoms with E-state index in [2.05, 4.69) is 0 Å². The molecule has 0 unspecified atom stereocenters. The van der Waals surface area contributed by atoms with Gasteiger partial charge in [-0.3, -0.25) is 0 Å². The molecule has 3 nitrogen and oxygen atoms in total. The molecule has 1 aromatic rings. The van der Waals surface area contributed by atoms with Gasteiger partial charge in [0, 0.05) is 10.7 Å². The lowest BCUT2D eigenvalue weighted by atomic mass is 10.1. The Balaban J connectivity index is 3.15. The number of ether oxygens (including phenoxy) is 1. The van der Waals surface area contributed by atoms with Crippen LogP contribution in [0.2, 0.25) is 0 Å². The van der Waals surface area contributed by atoms with Crippen LogP contribution in [0.25, 0.3) is 0 Å². The quantitative estimate of drug-likeness (QED) is 0.772. The summed E-state index contributed by atoms with van der Waals surface area (Å²) in [4.78, 5) is 0. The number of halogens is 1. The van der Waals surface area contributed by atoms with Gasteiger partial charge in [0.25, 0.3) is 0 Å². The van der Waals surface area contributed by atoms with Crippen molar-refractivity contribution >= 4 is 19.7 Å². The standard InChI is InChI=1S/C10H13ClO3S/c1-7-4-9(6-15(11,12)13)5-8(2)10(7)14-3/h4-5H,6H2,1-3H3. The lowest BCUT2D eigenvalue weighted by molar-refractivity contribution is 0.408. The van der Waals surface area contributed by atoms with E-state index in [0.29, 0.717) is 5.56 Å². The molecule has 84 valence electrons. The molecule has 0 aliphatic rings. The Morgan fingerprint density at radius 2 is 1.73 bits per heavy atom. The van der Waals surface area contributed by atoms with Crippen molar-refractivity contribution in [3.05, 3.63) is 28.8 Å². The van der Waals surface area contributed by atoms with E-state index in [9.17, 15) is 8.42 Å². The van der Waals surface area contributed by atoms with Crippen molar-refractivity contribution in [2.45, 2.75) is 19.6 Å². The summed E-state index contributed by atoms with van der Waals surface area (Å²) in [6.45, 7) is 3.74. The van der Waals surface area contributed by atoms with Gasteiger partial charge in [-0.2, -0.15) is 0 Å². The van der Waals surface area contributed by atoms with Crippen LogP contribution in [0.3, 0.4) is 0 Å². The van der Waals surface area contributed by atoms with E-state index >= 15 is 0 Å². The molecular formula is C10H13ClO3S. The highest BCUT2D eigenvalue weighted by Crippen LogP contribution is 2.25. The van der Waals surface area contributed by atoms with Crippen molar-refractivity contribution in [2.24, 2.45) is 0 Å². The first-order valence-electron chi connectivity index (χ1n) is 4.40. The molecule has 0 aliphatic heterocycles. The van der Waals surface area contributed by atoms with Crippen LogP contribution in [0.4, 0.5) is 0 Å². The van der Waals surface area contributed by atoms with Crippen molar-refractivity contribution in [1.82, 2.24) is 0 Å². The molecule has 0 spiro atoms. The highest BCUT2D eigenvalue weighted by atomic mass is 35.7. The number of benzene rings is 1. The Morgan fingerprint density at radius 1 is 1.27 bits per heavy atom. The zero-order chi connectivity index (χ0) is 11.6. The minimum absolute atomic E-state index is 0.153. The Bertz CT molecular complexity index is 443. The van der Waals surface area contributed by atoms with Crippen LogP contribution in [0.1, 0.15) is 16.7 Å². The Labute approximate surface area is 94.4 Å². The maximum absolute atomic E-state index is 10.9. The fraction of sp³-hybridized carbons (Fsp3) is 0.400. The molecule has 1 rings (SSSR count). The summed E-state index contributed by atoms with van der Waals surface area (Å²) >= 11 is 0. The first-order valence-corrected chi connectivity index (χ1v) is 6.88. The van der Waals surface area contributed by atoms with E-state index in [1.54, 1.807) is 19.2 Å². The molecule has 0 radical (unpaired) electrons. The topological polar surface area (TPSA) is 43.4 Å². The number of hydrogen-bond acceptors (Lipinski definition) is 3. The molecule has 0 saturated heterocycles. The van der Waals surface area contributed by atoms with Gasteiger partial charge in [0.15, 0.2) is 0 Å². The lowest BCUT2D eigenvalue weighted by Gasteiger charge is -2.10. The van der Waals surface area contributed by atoms with Crippen LogP contribution >= 0.6 is 10.7 Å². The summed E-state index contributed by atoms with van der Waals surface area (Å²) < 4.78 is 27.0. The molecule has 15 heavy (non-hydrogen) atoms. The van der Waals surface area contributed by atoms with Crippen LogP contribution < -0.4 is 4.74 Å².